The highest BCUT2D eigenvalue weighted by molar-refractivity contribution is 4.94. The van der Waals surface area contributed by atoms with Crippen molar-refractivity contribution in [2.75, 3.05) is 0 Å². The molecule has 1 aliphatic rings. The maximum Gasteiger partial charge on any atom is -0.0149 e. The third-order valence-electron chi connectivity index (χ3n) is 2.93. The Morgan fingerprint density at radius 1 is 1.30 bits per heavy atom. The first kappa shape index (κ1) is 7.84. The van der Waals surface area contributed by atoms with Crippen molar-refractivity contribution in [2.24, 2.45) is 11.3 Å². The minimum Gasteiger partial charge on any atom is -0.103 e. The Bertz CT molecular complexity index is 116. The Balaban J connectivity index is 2.53. The highest BCUT2D eigenvalue weighted by atomic mass is 14.3. The van der Waals surface area contributed by atoms with Gasteiger partial charge in [-0.05, 0) is 24.2 Å². The first-order chi connectivity index (χ1) is 4.67. The van der Waals surface area contributed by atoms with Crippen molar-refractivity contribution in [1.29, 1.82) is 0 Å². The van der Waals surface area contributed by atoms with E-state index >= 15 is 0 Å². The van der Waals surface area contributed by atoms with Crippen LogP contribution in [0.4, 0.5) is 0 Å². The Kier molecular flexibility index (Phi) is 2.18. The monoisotopic (exact) mass is 138 g/mol. The summed E-state index contributed by atoms with van der Waals surface area (Å²) >= 11 is 0. The number of rotatable bonds is 2. The van der Waals surface area contributed by atoms with E-state index in [0.29, 0.717) is 5.41 Å². The first-order valence-electron chi connectivity index (χ1n) is 4.30. The molecule has 0 saturated heterocycles. The van der Waals surface area contributed by atoms with Gasteiger partial charge in [0.1, 0.15) is 0 Å². The van der Waals surface area contributed by atoms with Gasteiger partial charge in [-0.3, -0.25) is 0 Å². The molecule has 0 aromatic heterocycles. The summed E-state index contributed by atoms with van der Waals surface area (Å²) in [7, 11) is 0. The van der Waals surface area contributed by atoms with Crippen LogP contribution in [-0.4, -0.2) is 0 Å². The molecule has 1 fully saturated rings. The van der Waals surface area contributed by atoms with Crippen LogP contribution in [0.5, 0.6) is 0 Å². The molecule has 1 aliphatic carbocycles. The molecular formula is C10H18. The third-order valence-corrected chi connectivity index (χ3v) is 2.93. The van der Waals surface area contributed by atoms with Crippen molar-refractivity contribution in [3.63, 3.8) is 0 Å². The summed E-state index contributed by atoms with van der Waals surface area (Å²) in [5.74, 6) is 0.907. The lowest BCUT2D eigenvalue weighted by Crippen LogP contribution is -2.18. The number of hydrogen-bond donors (Lipinski definition) is 0. The molecule has 0 aromatic rings. The van der Waals surface area contributed by atoms with Gasteiger partial charge in [0.2, 0.25) is 0 Å². The van der Waals surface area contributed by atoms with Gasteiger partial charge < -0.3 is 0 Å². The third kappa shape index (κ3) is 1.42. The van der Waals surface area contributed by atoms with E-state index in [0.717, 1.165) is 5.92 Å². The number of hydrogen-bond acceptors (Lipinski definition) is 0. The zero-order chi connectivity index (χ0) is 7.61. The van der Waals surface area contributed by atoms with Gasteiger partial charge in [-0.25, -0.2) is 0 Å². The van der Waals surface area contributed by atoms with Gasteiger partial charge in [-0.2, -0.15) is 0 Å². The van der Waals surface area contributed by atoms with E-state index in [4.69, 9.17) is 0 Å². The predicted molar refractivity (Wildman–Crippen MR) is 45.9 cm³/mol. The molecule has 0 N–H and O–H groups in total. The van der Waals surface area contributed by atoms with Crippen LogP contribution < -0.4 is 0 Å². The van der Waals surface area contributed by atoms with Crippen LogP contribution in [-0.2, 0) is 0 Å². The number of allylic oxidation sites excluding steroid dienone is 1. The molecular weight excluding hydrogens is 120 g/mol. The molecule has 0 unspecified atom stereocenters. The summed E-state index contributed by atoms with van der Waals surface area (Å²) in [4.78, 5) is 0. The molecule has 0 aliphatic heterocycles. The van der Waals surface area contributed by atoms with Gasteiger partial charge in [0, 0.05) is 0 Å². The summed E-state index contributed by atoms with van der Waals surface area (Å²) < 4.78 is 0. The van der Waals surface area contributed by atoms with Gasteiger partial charge in [-0.15, -0.1) is 6.58 Å². The smallest absolute Gasteiger partial charge is 0.0149 e. The van der Waals surface area contributed by atoms with Crippen molar-refractivity contribution >= 4 is 0 Å². The van der Waals surface area contributed by atoms with Crippen molar-refractivity contribution < 1.29 is 0 Å². The lowest BCUT2D eigenvalue weighted by molar-refractivity contribution is 0.290. The Morgan fingerprint density at radius 3 is 2.20 bits per heavy atom. The van der Waals surface area contributed by atoms with E-state index < -0.39 is 0 Å². The zero-order valence-electron chi connectivity index (χ0n) is 7.19. The zero-order valence-corrected chi connectivity index (χ0v) is 7.19. The molecule has 0 heterocycles. The Morgan fingerprint density at radius 2 is 1.80 bits per heavy atom. The molecule has 10 heavy (non-hydrogen) atoms. The fourth-order valence-electron chi connectivity index (χ4n) is 1.84. The molecule has 0 spiro atoms. The molecule has 0 bridgehead atoms. The summed E-state index contributed by atoms with van der Waals surface area (Å²) in [5.41, 5.74) is 0.385. The summed E-state index contributed by atoms with van der Waals surface area (Å²) in [6.07, 6.45) is 7.81. The van der Waals surface area contributed by atoms with Crippen molar-refractivity contribution in [2.45, 2.75) is 39.5 Å². The second-order valence-corrected chi connectivity index (χ2v) is 4.01. The van der Waals surface area contributed by atoms with Gasteiger partial charge in [0.15, 0.2) is 0 Å². The van der Waals surface area contributed by atoms with Crippen LogP contribution in [0.2, 0.25) is 0 Å². The molecule has 0 amide bonds. The summed E-state index contributed by atoms with van der Waals surface area (Å²) in [6, 6.07) is 0. The minimum atomic E-state index is 0.385. The van der Waals surface area contributed by atoms with E-state index in [9.17, 15) is 0 Å². The molecule has 0 aromatic carbocycles. The van der Waals surface area contributed by atoms with Crippen LogP contribution in [0.15, 0.2) is 12.7 Å². The van der Waals surface area contributed by atoms with E-state index in [-0.39, 0.29) is 0 Å². The van der Waals surface area contributed by atoms with Crippen molar-refractivity contribution in [3.8, 4) is 0 Å². The lowest BCUT2D eigenvalue weighted by Gasteiger charge is -2.27. The average molecular weight is 138 g/mol. The standard InChI is InChI=1S/C10H18/c1-4-10(2,3)9-7-5-6-8-9/h4,9H,1,5-8H2,2-3H3. The molecule has 0 heteroatoms. The normalized spacial score (nSPS) is 21.4. The molecule has 58 valence electrons. The fourth-order valence-corrected chi connectivity index (χ4v) is 1.84. The molecule has 1 saturated carbocycles. The predicted octanol–water partition coefficient (Wildman–Crippen LogP) is 3.39. The average Bonchev–Trinajstić information content (AvgIpc) is 2.38. The van der Waals surface area contributed by atoms with E-state index in [1.165, 1.54) is 25.7 Å². The Labute approximate surface area is 64.3 Å². The topological polar surface area (TPSA) is 0 Å². The fraction of sp³-hybridized carbons (Fsp3) is 0.800. The van der Waals surface area contributed by atoms with Gasteiger partial charge in [0.25, 0.3) is 0 Å². The maximum absolute atomic E-state index is 3.88. The van der Waals surface area contributed by atoms with E-state index in [1.807, 2.05) is 0 Å². The van der Waals surface area contributed by atoms with Crippen LogP contribution in [0, 0.1) is 11.3 Å². The SMILES string of the molecule is C=CC(C)(C)C1CCCC1. The first-order valence-corrected chi connectivity index (χ1v) is 4.30. The quantitative estimate of drug-likeness (QED) is 0.513. The largest absolute Gasteiger partial charge is 0.103 e. The highest BCUT2D eigenvalue weighted by Crippen LogP contribution is 2.39. The molecule has 0 radical (unpaired) electrons. The highest BCUT2D eigenvalue weighted by Gasteiger charge is 2.28. The second-order valence-electron chi connectivity index (χ2n) is 4.01. The van der Waals surface area contributed by atoms with Crippen LogP contribution >= 0.6 is 0 Å². The maximum atomic E-state index is 3.88. The lowest BCUT2D eigenvalue weighted by atomic mass is 9.78. The Hall–Kier alpha value is -0.260. The van der Waals surface area contributed by atoms with Crippen LogP contribution in [0.1, 0.15) is 39.5 Å². The molecule has 0 atom stereocenters. The van der Waals surface area contributed by atoms with E-state index in [2.05, 4.69) is 26.5 Å². The molecule has 0 nitrogen and oxygen atoms in total. The van der Waals surface area contributed by atoms with Gasteiger partial charge in [0.05, 0.1) is 0 Å². The van der Waals surface area contributed by atoms with Crippen molar-refractivity contribution in [3.05, 3.63) is 12.7 Å². The van der Waals surface area contributed by atoms with E-state index in [1.54, 1.807) is 0 Å². The van der Waals surface area contributed by atoms with Gasteiger partial charge >= 0.3 is 0 Å². The van der Waals surface area contributed by atoms with Crippen molar-refractivity contribution in [1.82, 2.24) is 0 Å². The summed E-state index contributed by atoms with van der Waals surface area (Å²) in [5, 5.41) is 0. The second kappa shape index (κ2) is 2.77. The summed E-state index contributed by atoms with van der Waals surface area (Å²) in [6.45, 7) is 8.48. The molecule has 1 rings (SSSR count). The minimum absolute atomic E-state index is 0.385. The van der Waals surface area contributed by atoms with Crippen LogP contribution in [0.25, 0.3) is 0 Å². The van der Waals surface area contributed by atoms with Gasteiger partial charge in [-0.1, -0.05) is 32.8 Å². The van der Waals surface area contributed by atoms with Crippen LogP contribution in [0.3, 0.4) is 0 Å².